The third-order valence-corrected chi connectivity index (χ3v) is 19.7. The molecular formula is C72H120N24O16. The molecule has 5 rings (SSSR count). The van der Waals surface area contributed by atoms with Crippen molar-refractivity contribution in [2.45, 2.75) is 229 Å². The zero-order chi connectivity index (χ0) is 83.1. The second-order valence-corrected chi connectivity index (χ2v) is 29.9. The van der Waals surface area contributed by atoms with Crippen LogP contribution < -0.4 is 93.7 Å². The summed E-state index contributed by atoms with van der Waals surface area (Å²) in [6.45, 7) is 8.91. The number of hydrogen-bond donors (Lipinski definition) is 19. The number of hydrogen-bond acceptors (Lipinski definition) is 20. The number of aliphatic hydroxyl groups is 2. The normalized spacial score (nSPS) is 19.1. The Morgan fingerprint density at radius 2 is 0.848 bits per heavy atom. The molecule has 4 heterocycles. The summed E-state index contributed by atoms with van der Waals surface area (Å²) in [4.78, 5) is 213. The van der Waals surface area contributed by atoms with Gasteiger partial charge in [0.25, 0.3) is 0 Å². The monoisotopic (exact) mass is 1580 g/mol. The molecule has 0 spiro atoms. The highest BCUT2D eigenvalue weighted by Crippen LogP contribution is 2.27. The third kappa shape index (κ3) is 28.7. The fraction of sp³-hybridized carbons (Fsp3) is 0.681. The molecule has 4 aliphatic heterocycles. The molecule has 14 amide bonds. The fourth-order valence-electron chi connectivity index (χ4n) is 14.0. The van der Waals surface area contributed by atoms with Gasteiger partial charge in [-0.25, -0.2) is 0 Å². The molecule has 0 radical (unpaired) electrons. The molecule has 4 saturated heterocycles. The quantitative estimate of drug-likeness (QED) is 0.0164. The van der Waals surface area contributed by atoms with Gasteiger partial charge in [0.1, 0.15) is 72.5 Å². The van der Waals surface area contributed by atoms with Crippen molar-refractivity contribution in [3.63, 3.8) is 0 Å². The van der Waals surface area contributed by atoms with Gasteiger partial charge in [-0.1, -0.05) is 71.9 Å². The molecule has 4 fully saturated rings. The Kier molecular flexibility index (Phi) is 37.6. The summed E-state index contributed by atoms with van der Waals surface area (Å²) in [7, 11) is 0. The first-order valence-corrected chi connectivity index (χ1v) is 38.5. The Bertz CT molecular complexity index is 3500. The van der Waals surface area contributed by atoms with Gasteiger partial charge in [0.15, 0.2) is 17.9 Å². The van der Waals surface area contributed by atoms with E-state index in [0.29, 0.717) is 57.1 Å². The predicted molar refractivity (Wildman–Crippen MR) is 412 cm³/mol. The number of aliphatic imine (C=N–C) groups is 3. The van der Waals surface area contributed by atoms with Gasteiger partial charge >= 0.3 is 0 Å². The van der Waals surface area contributed by atoms with Crippen molar-refractivity contribution in [1.29, 1.82) is 0 Å². The van der Waals surface area contributed by atoms with Crippen LogP contribution in [0.1, 0.15) is 150 Å². The van der Waals surface area contributed by atoms with E-state index in [9.17, 15) is 77.3 Å². The highest BCUT2D eigenvalue weighted by atomic mass is 16.3. The molecule has 624 valence electrons. The van der Waals surface area contributed by atoms with E-state index in [4.69, 9.17) is 45.9 Å². The molecule has 112 heavy (non-hydrogen) atoms. The number of nitrogens with zero attached hydrogens (tertiary/aromatic N) is 7. The molecule has 1 aromatic rings. The highest BCUT2D eigenvalue weighted by molar-refractivity contribution is 6.00. The van der Waals surface area contributed by atoms with Gasteiger partial charge in [-0.15, -0.1) is 0 Å². The summed E-state index contributed by atoms with van der Waals surface area (Å²) >= 11 is 0. The van der Waals surface area contributed by atoms with Crippen LogP contribution in [-0.2, 0) is 73.5 Å². The summed E-state index contributed by atoms with van der Waals surface area (Å²) in [6.07, 6.45) is 3.60. The number of amides is 14. The molecule has 40 heteroatoms. The summed E-state index contributed by atoms with van der Waals surface area (Å²) in [5.41, 5.74) is 45.1. The first kappa shape index (κ1) is 92.1. The maximum absolute atomic E-state index is 14.6. The molecular weight excluding hydrogens is 1460 g/mol. The molecule has 0 saturated carbocycles. The van der Waals surface area contributed by atoms with E-state index in [1.54, 1.807) is 58.0 Å². The van der Waals surface area contributed by atoms with Crippen LogP contribution in [0, 0.1) is 17.8 Å². The van der Waals surface area contributed by atoms with Gasteiger partial charge in [0, 0.05) is 52.2 Å². The molecule has 40 nitrogen and oxygen atoms in total. The van der Waals surface area contributed by atoms with Crippen molar-refractivity contribution in [1.82, 2.24) is 67.5 Å². The summed E-state index contributed by atoms with van der Waals surface area (Å²) in [5.74, 6) is -12.2. The summed E-state index contributed by atoms with van der Waals surface area (Å²) < 4.78 is 0. The minimum atomic E-state index is -1.82. The Labute approximate surface area is 652 Å². The molecule has 1 aromatic carbocycles. The molecule has 0 aromatic heterocycles. The topological polar surface area (TPSA) is 646 Å². The number of rotatable bonds is 44. The van der Waals surface area contributed by atoms with Crippen molar-refractivity contribution in [3.8, 4) is 0 Å². The predicted octanol–water partition coefficient (Wildman–Crippen LogP) is -7.11. The summed E-state index contributed by atoms with van der Waals surface area (Å²) in [6, 6.07) is -8.18. The number of guanidine groups is 3. The van der Waals surface area contributed by atoms with Gasteiger partial charge < -0.3 is 124 Å². The van der Waals surface area contributed by atoms with E-state index < -0.39 is 187 Å². The SMILES string of the molecule is CC(C)C[C@H](NC(=O)[C@@H]1CCCN1C(=O)[C@H](CO)NC(=O)[C@H](Cc1ccccc1)NC(=O)[C@H](CO)NC(=O)[C@H](CCCN=C(N)N)NC(=O)[C@@H](NC(=O)[C@@H]1CCCN1C(=O)[C@H](CC(C)C)NC(=O)CNC(=O)[C@@H]1CCCN1C(=O)[C@@H]1CCCN1C(=O)[C@@H](N)CCCN=C(N)N)C(C)C)C(=O)N[C@@H](CCCN=C(N)N)C(N)=O. The first-order valence-electron chi connectivity index (χ1n) is 38.5. The van der Waals surface area contributed by atoms with E-state index in [0.717, 1.165) is 4.90 Å². The average Bonchev–Trinajstić information content (AvgIpc) is 1.65. The van der Waals surface area contributed by atoms with Crippen LogP contribution in [0.2, 0.25) is 0 Å². The lowest BCUT2D eigenvalue weighted by Crippen LogP contribution is -2.62. The van der Waals surface area contributed by atoms with E-state index in [1.165, 1.54) is 14.7 Å². The fourth-order valence-corrected chi connectivity index (χ4v) is 14.0. The van der Waals surface area contributed by atoms with Gasteiger partial charge in [-0.2, -0.15) is 0 Å². The molecule has 27 N–H and O–H groups in total. The van der Waals surface area contributed by atoms with E-state index in [-0.39, 0.29) is 133 Å². The van der Waals surface area contributed by atoms with Crippen molar-refractivity contribution in [3.05, 3.63) is 35.9 Å². The Balaban J connectivity index is 1.24. The number of likely N-dealkylation sites (tertiary alicyclic amines) is 4. The van der Waals surface area contributed by atoms with Crippen molar-refractivity contribution in [2.24, 2.45) is 78.6 Å². The van der Waals surface area contributed by atoms with Crippen LogP contribution in [-0.4, -0.2) is 275 Å². The van der Waals surface area contributed by atoms with Crippen LogP contribution in [0.3, 0.4) is 0 Å². The second kappa shape index (κ2) is 45.7. The lowest BCUT2D eigenvalue weighted by Gasteiger charge is -2.32. The number of carbonyl (C=O) groups excluding carboxylic acids is 14. The van der Waals surface area contributed by atoms with Gasteiger partial charge in [0.2, 0.25) is 82.7 Å². The molecule has 0 aliphatic carbocycles. The van der Waals surface area contributed by atoms with Crippen LogP contribution >= 0.6 is 0 Å². The van der Waals surface area contributed by atoms with Crippen molar-refractivity contribution >= 4 is 101 Å². The van der Waals surface area contributed by atoms with Crippen LogP contribution in [0.4, 0.5) is 0 Å². The van der Waals surface area contributed by atoms with E-state index in [2.05, 4.69) is 62.8 Å². The molecule has 0 unspecified atom stereocenters. The lowest BCUT2D eigenvalue weighted by molar-refractivity contribution is -0.147. The van der Waals surface area contributed by atoms with E-state index in [1.807, 2.05) is 13.8 Å². The van der Waals surface area contributed by atoms with Crippen molar-refractivity contribution in [2.75, 3.05) is 65.6 Å². The zero-order valence-corrected chi connectivity index (χ0v) is 65.1. The second-order valence-electron chi connectivity index (χ2n) is 29.9. The Morgan fingerprint density at radius 3 is 1.36 bits per heavy atom. The molecule has 0 bridgehead atoms. The van der Waals surface area contributed by atoms with Gasteiger partial charge in [0.05, 0.1) is 25.8 Å². The third-order valence-electron chi connectivity index (χ3n) is 19.7. The van der Waals surface area contributed by atoms with Gasteiger partial charge in [-0.05, 0) is 126 Å². The van der Waals surface area contributed by atoms with Crippen LogP contribution in [0.15, 0.2) is 45.3 Å². The molecule has 13 atom stereocenters. The number of primary amides is 1. The van der Waals surface area contributed by atoms with Crippen LogP contribution in [0.5, 0.6) is 0 Å². The maximum Gasteiger partial charge on any atom is 0.248 e. The van der Waals surface area contributed by atoms with Gasteiger partial charge in [-0.3, -0.25) is 82.1 Å². The number of carbonyl (C=O) groups is 14. The number of nitrogens with one attached hydrogen (secondary N) is 9. The number of aliphatic hydroxyl groups excluding tert-OH is 2. The minimum absolute atomic E-state index is 0.000848. The Morgan fingerprint density at radius 1 is 0.438 bits per heavy atom. The molecule has 4 aliphatic rings. The Hall–Kier alpha value is -10.5. The van der Waals surface area contributed by atoms with Crippen molar-refractivity contribution < 1.29 is 77.3 Å². The number of benzene rings is 1. The van der Waals surface area contributed by atoms with E-state index >= 15 is 0 Å². The largest absolute Gasteiger partial charge is 0.394 e. The minimum Gasteiger partial charge on any atom is -0.394 e. The zero-order valence-electron chi connectivity index (χ0n) is 65.1. The summed E-state index contributed by atoms with van der Waals surface area (Å²) in [5, 5.41) is 44.9. The first-order chi connectivity index (χ1) is 53.1. The van der Waals surface area contributed by atoms with Crippen LogP contribution in [0.25, 0.3) is 0 Å². The smallest absolute Gasteiger partial charge is 0.248 e. The number of nitrogens with two attached hydrogens (primary N) is 8. The highest BCUT2D eigenvalue weighted by Gasteiger charge is 2.46. The maximum atomic E-state index is 14.6. The standard InChI is InChI=1S/C72H120N24O16/c1-39(2)33-46(59(102)86-44(57(74)100)20-11-27-82-71(77)78)89-63(106)52-23-14-30-94(52)68(111)50(38-98)91-60(103)47(35-42-17-8-7-9-18-42)88-61(104)49(37-97)90-58(101)45(21-12-28-83-72(79)80)87-65(108)56(41(5)6)92-64(107)53-24-15-29-93(53)67(110)48(34-40(3)4)85-55(99)36-84-62(105)51-22-13-31-95(51)69(112)54-25-16-32-96(54)66(109)43(73)19-10-26-81-70(75)76/h7-9,17-18,39-41,43-54,56,97-98H,10-16,19-38,73H2,1-6H3,(H2,74,100)(H,84,105)(H,85,99)(H,86,102)(H,87,108)(H,88,104)(H,89,106)(H,90,101)(H,91,103)(H,92,107)(H4,75,76,81)(H4,77,78,82)(H4,79,80,83)/t43-,44-,45-,46-,47-,48-,49-,50-,51-,52-,53-,54-,56-/m0/s1. The lowest BCUT2D eigenvalue weighted by atomic mass is 10.0. The average molecular weight is 1580 g/mol.